The van der Waals surface area contributed by atoms with Gasteiger partial charge in [-0.05, 0) is 84.8 Å². The third kappa shape index (κ3) is 5.06. The predicted molar refractivity (Wildman–Crippen MR) is 194 cm³/mol. The fourth-order valence-electron chi connectivity index (χ4n) is 9.01. The van der Waals surface area contributed by atoms with Gasteiger partial charge in [0.1, 0.15) is 12.4 Å². The van der Waals surface area contributed by atoms with Gasteiger partial charge in [0.2, 0.25) is 23.6 Å². The van der Waals surface area contributed by atoms with Crippen molar-refractivity contribution in [2.75, 3.05) is 23.0 Å². The highest BCUT2D eigenvalue weighted by molar-refractivity contribution is 6.33. The van der Waals surface area contributed by atoms with Crippen molar-refractivity contribution in [2.45, 2.75) is 31.1 Å². The maximum absolute atomic E-state index is 15.3. The SMILES string of the molecule is Cc1ccc(N2C(=O)C3CC=C4C(CC5C(=O)N(c6cccc(Cl)c6)C(=O)C5(c5ccccc5)C4c4ccc(OCCO)cc4)C3C2=O)cc1Cl. The topological polar surface area (TPSA) is 104 Å². The number of halogens is 2. The van der Waals surface area contributed by atoms with Gasteiger partial charge in [0.15, 0.2) is 0 Å². The molecule has 4 aromatic rings. The number of allylic oxidation sites excluding steroid dienone is 2. The van der Waals surface area contributed by atoms with Crippen LogP contribution < -0.4 is 14.5 Å². The van der Waals surface area contributed by atoms with Crippen LogP contribution in [0, 0.1) is 30.6 Å². The third-order valence-electron chi connectivity index (χ3n) is 11.2. The van der Waals surface area contributed by atoms with Gasteiger partial charge in [0.05, 0.1) is 41.2 Å². The number of hydrogen-bond donors (Lipinski definition) is 1. The summed E-state index contributed by atoms with van der Waals surface area (Å²) in [4.78, 5) is 61.3. The molecule has 1 saturated carbocycles. The zero-order valence-electron chi connectivity index (χ0n) is 27.7. The summed E-state index contributed by atoms with van der Waals surface area (Å²) in [5, 5.41) is 10.2. The number of fused-ring (bicyclic) bond motifs is 4. The molecule has 8 rings (SSSR count). The number of imide groups is 2. The van der Waals surface area contributed by atoms with Crippen LogP contribution in [-0.4, -0.2) is 41.9 Å². The molecule has 8 nitrogen and oxygen atoms in total. The summed E-state index contributed by atoms with van der Waals surface area (Å²) in [7, 11) is 0. The number of nitrogens with zero attached hydrogens (tertiary/aromatic N) is 2. The Balaban J connectivity index is 1.32. The first-order valence-corrected chi connectivity index (χ1v) is 17.8. The minimum Gasteiger partial charge on any atom is -0.491 e. The van der Waals surface area contributed by atoms with E-state index in [9.17, 15) is 19.5 Å². The molecule has 2 heterocycles. The Morgan fingerprint density at radius 1 is 0.804 bits per heavy atom. The minimum absolute atomic E-state index is 0.121. The highest BCUT2D eigenvalue weighted by Crippen LogP contribution is 2.64. The van der Waals surface area contributed by atoms with E-state index in [-0.39, 0.29) is 43.3 Å². The highest BCUT2D eigenvalue weighted by atomic mass is 35.5. The molecule has 0 radical (unpaired) electrons. The Morgan fingerprint density at radius 3 is 2.25 bits per heavy atom. The second kappa shape index (κ2) is 12.8. The van der Waals surface area contributed by atoms with Gasteiger partial charge in [-0.3, -0.25) is 19.2 Å². The van der Waals surface area contributed by atoms with Crippen LogP contribution in [0.1, 0.15) is 35.4 Å². The molecule has 0 aromatic heterocycles. The number of aliphatic hydroxyl groups is 1. The number of ether oxygens (including phenoxy) is 1. The van der Waals surface area contributed by atoms with Crippen LogP contribution >= 0.6 is 23.2 Å². The molecule has 4 aromatic carbocycles. The molecule has 4 amide bonds. The molecular weight excluding hydrogens is 687 g/mol. The lowest BCUT2D eigenvalue weighted by Crippen LogP contribution is -2.53. The number of carbonyl (C=O) groups excluding carboxylic acids is 4. The summed E-state index contributed by atoms with van der Waals surface area (Å²) in [5.41, 5.74) is 2.56. The number of rotatable bonds is 7. The van der Waals surface area contributed by atoms with E-state index in [2.05, 4.69) is 0 Å². The van der Waals surface area contributed by atoms with E-state index >= 15 is 4.79 Å². The molecule has 258 valence electrons. The van der Waals surface area contributed by atoms with Crippen LogP contribution in [0.2, 0.25) is 10.0 Å². The van der Waals surface area contributed by atoms with Gasteiger partial charge in [-0.25, -0.2) is 9.80 Å². The summed E-state index contributed by atoms with van der Waals surface area (Å²) in [5.74, 6) is -4.22. The first-order chi connectivity index (χ1) is 24.7. The van der Waals surface area contributed by atoms with E-state index in [0.29, 0.717) is 39.2 Å². The van der Waals surface area contributed by atoms with Gasteiger partial charge < -0.3 is 9.84 Å². The van der Waals surface area contributed by atoms with E-state index in [1.54, 1.807) is 54.6 Å². The quantitative estimate of drug-likeness (QED) is 0.162. The lowest BCUT2D eigenvalue weighted by molar-refractivity contribution is -0.127. The zero-order chi connectivity index (χ0) is 35.6. The van der Waals surface area contributed by atoms with Gasteiger partial charge in [-0.1, -0.05) is 89.4 Å². The number of hydrogen-bond acceptors (Lipinski definition) is 6. The first kappa shape index (κ1) is 33.4. The van der Waals surface area contributed by atoms with Crippen LogP contribution in [-0.2, 0) is 24.6 Å². The average Bonchev–Trinajstić information content (AvgIpc) is 3.53. The number of amides is 4. The molecule has 3 fully saturated rings. The Bertz CT molecular complexity index is 2120. The summed E-state index contributed by atoms with van der Waals surface area (Å²) in [6.07, 6.45) is 2.53. The minimum atomic E-state index is -1.38. The second-order valence-electron chi connectivity index (χ2n) is 13.7. The average molecular weight is 722 g/mol. The van der Waals surface area contributed by atoms with Crippen molar-refractivity contribution in [3.8, 4) is 5.75 Å². The Hall–Kier alpha value is -4.76. The van der Waals surface area contributed by atoms with Gasteiger partial charge in [0, 0.05) is 16.0 Å². The first-order valence-electron chi connectivity index (χ1n) is 17.0. The molecule has 6 unspecified atom stereocenters. The fourth-order valence-corrected chi connectivity index (χ4v) is 9.37. The van der Waals surface area contributed by atoms with Crippen molar-refractivity contribution >= 4 is 58.2 Å². The standard InChI is InChI=1S/C41H34Cl2N2O6/c1-23-10-13-28(21-34(23)43)44-37(47)31-17-16-30-32(35(31)39(44)49)22-33-38(48)45(27-9-5-8-26(42)20-27)40(50)41(33,25-6-3-2-4-7-25)36(30)24-11-14-29(15-12-24)51-19-18-46/h2-16,20-21,31-33,35-36,46H,17-19,22H2,1H3. The molecular formula is C41H34Cl2N2O6. The number of anilines is 2. The highest BCUT2D eigenvalue weighted by Gasteiger charge is 2.70. The maximum atomic E-state index is 15.3. The Labute approximate surface area is 305 Å². The summed E-state index contributed by atoms with van der Waals surface area (Å²) < 4.78 is 5.67. The molecule has 0 bridgehead atoms. The molecule has 2 saturated heterocycles. The van der Waals surface area contributed by atoms with Crippen molar-refractivity contribution in [1.29, 1.82) is 0 Å². The lowest BCUT2D eigenvalue weighted by Gasteiger charge is -2.50. The molecule has 51 heavy (non-hydrogen) atoms. The second-order valence-corrected chi connectivity index (χ2v) is 14.5. The van der Waals surface area contributed by atoms with Crippen LogP contribution in [0.3, 0.4) is 0 Å². The summed E-state index contributed by atoms with van der Waals surface area (Å²) >= 11 is 12.9. The molecule has 0 spiro atoms. The smallest absolute Gasteiger partial charge is 0.246 e. The number of benzene rings is 4. The predicted octanol–water partition coefficient (Wildman–Crippen LogP) is 7.04. The number of aryl methyl sites for hydroxylation is 1. The molecule has 2 aliphatic heterocycles. The van der Waals surface area contributed by atoms with Crippen LogP contribution in [0.25, 0.3) is 0 Å². The van der Waals surface area contributed by atoms with Crippen molar-refractivity contribution in [2.24, 2.45) is 23.7 Å². The maximum Gasteiger partial charge on any atom is 0.246 e. The van der Waals surface area contributed by atoms with Crippen LogP contribution in [0.5, 0.6) is 5.75 Å². The van der Waals surface area contributed by atoms with E-state index in [1.165, 1.54) is 9.80 Å². The molecule has 1 N–H and O–H groups in total. The van der Waals surface area contributed by atoms with Crippen molar-refractivity contribution in [1.82, 2.24) is 0 Å². The molecule has 4 aliphatic rings. The Kier molecular flexibility index (Phi) is 8.37. The Morgan fingerprint density at radius 2 is 1.55 bits per heavy atom. The van der Waals surface area contributed by atoms with Crippen molar-refractivity contribution in [3.05, 3.63) is 135 Å². The van der Waals surface area contributed by atoms with Gasteiger partial charge in [0.25, 0.3) is 0 Å². The number of aliphatic hydroxyl groups excluding tert-OH is 1. The number of carbonyl (C=O) groups is 4. The van der Waals surface area contributed by atoms with Crippen LogP contribution in [0.15, 0.2) is 109 Å². The zero-order valence-corrected chi connectivity index (χ0v) is 29.2. The molecule has 10 heteroatoms. The van der Waals surface area contributed by atoms with E-state index in [0.717, 1.165) is 16.7 Å². The van der Waals surface area contributed by atoms with Crippen LogP contribution in [0.4, 0.5) is 11.4 Å². The molecule has 6 atom stereocenters. The van der Waals surface area contributed by atoms with E-state index < -0.39 is 35.0 Å². The summed E-state index contributed by atoms with van der Waals surface area (Å²) in [6.45, 7) is 1.83. The molecule has 2 aliphatic carbocycles. The largest absolute Gasteiger partial charge is 0.491 e. The summed E-state index contributed by atoms with van der Waals surface area (Å²) in [6, 6.07) is 28.6. The third-order valence-corrected chi connectivity index (χ3v) is 11.8. The van der Waals surface area contributed by atoms with Gasteiger partial charge >= 0.3 is 0 Å². The van der Waals surface area contributed by atoms with Gasteiger partial charge in [-0.15, -0.1) is 0 Å². The monoisotopic (exact) mass is 720 g/mol. The van der Waals surface area contributed by atoms with Gasteiger partial charge in [-0.2, -0.15) is 0 Å². The van der Waals surface area contributed by atoms with E-state index in [4.69, 9.17) is 27.9 Å². The van der Waals surface area contributed by atoms with Crippen molar-refractivity contribution < 1.29 is 29.0 Å². The fraction of sp³-hybridized carbons (Fsp3) is 0.268. The normalized spacial score (nSPS) is 26.9. The lowest BCUT2D eigenvalue weighted by atomic mass is 9.49. The van der Waals surface area contributed by atoms with Crippen molar-refractivity contribution in [3.63, 3.8) is 0 Å². The van der Waals surface area contributed by atoms with E-state index in [1.807, 2.05) is 55.5 Å².